The van der Waals surface area contributed by atoms with Crippen LogP contribution in [-0.4, -0.2) is 40.2 Å². The van der Waals surface area contributed by atoms with E-state index in [4.69, 9.17) is 5.73 Å². The zero-order valence-electron chi connectivity index (χ0n) is 13.9. The van der Waals surface area contributed by atoms with E-state index in [0.29, 0.717) is 17.8 Å². The highest BCUT2D eigenvalue weighted by Crippen LogP contribution is 2.07. The van der Waals surface area contributed by atoms with Crippen LogP contribution in [0.4, 0.5) is 0 Å². The Bertz CT molecular complexity index is 739. The first-order valence-corrected chi connectivity index (χ1v) is 7.84. The van der Waals surface area contributed by atoms with Gasteiger partial charge in [0.2, 0.25) is 5.91 Å². The fourth-order valence-corrected chi connectivity index (χ4v) is 2.29. The van der Waals surface area contributed by atoms with Crippen molar-refractivity contribution in [2.45, 2.75) is 32.9 Å². The predicted octanol–water partition coefficient (Wildman–Crippen LogP) is 1.23. The van der Waals surface area contributed by atoms with Crippen LogP contribution in [0.3, 0.4) is 0 Å². The molecule has 1 atom stereocenters. The molecule has 1 amide bonds. The van der Waals surface area contributed by atoms with Gasteiger partial charge in [-0.1, -0.05) is 32.0 Å². The van der Waals surface area contributed by atoms with E-state index in [9.17, 15) is 9.59 Å². The molecular weight excluding hydrogens is 292 g/mol. The van der Waals surface area contributed by atoms with Gasteiger partial charge in [0.15, 0.2) is 0 Å². The molecule has 0 fully saturated rings. The van der Waals surface area contributed by atoms with Crippen molar-refractivity contribution >= 4 is 16.7 Å². The van der Waals surface area contributed by atoms with Gasteiger partial charge in [0.25, 0.3) is 5.56 Å². The number of rotatable bonds is 6. The molecule has 124 valence electrons. The highest BCUT2D eigenvalue weighted by atomic mass is 16.2. The summed E-state index contributed by atoms with van der Waals surface area (Å²) in [5.41, 5.74) is 5.75. The third kappa shape index (κ3) is 4.16. The minimum atomic E-state index is -0.247. The summed E-state index contributed by atoms with van der Waals surface area (Å²) in [7, 11) is 1.72. The van der Waals surface area contributed by atoms with Crippen LogP contribution in [0.15, 0.2) is 35.3 Å². The standard InChI is InChI=1S/C17H24N4O2/c1-12(2)15(18)8-9-20(3)16(22)11-21-17(23)14-7-5-4-6-13(14)10-19-21/h4-7,10,12,15H,8-9,11,18H2,1-3H3. The summed E-state index contributed by atoms with van der Waals surface area (Å²) in [5.74, 6) is 0.231. The number of aromatic nitrogens is 2. The normalized spacial score (nSPS) is 12.6. The van der Waals surface area contributed by atoms with Crippen LogP contribution in [0.1, 0.15) is 20.3 Å². The van der Waals surface area contributed by atoms with E-state index in [-0.39, 0.29) is 24.1 Å². The van der Waals surface area contributed by atoms with Crippen LogP contribution in [0.2, 0.25) is 0 Å². The minimum Gasteiger partial charge on any atom is -0.344 e. The van der Waals surface area contributed by atoms with Crippen molar-refractivity contribution in [3.05, 3.63) is 40.8 Å². The summed E-state index contributed by atoms with van der Waals surface area (Å²) in [6.45, 7) is 4.63. The van der Waals surface area contributed by atoms with Gasteiger partial charge in [-0.2, -0.15) is 5.10 Å². The van der Waals surface area contributed by atoms with Crippen LogP contribution in [0.5, 0.6) is 0 Å². The van der Waals surface area contributed by atoms with Crippen LogP contribution >= 0.6 is 0 Å². The first kappa shape index (κ1) is 17.1. The smallest absolute Gasteiger partial charge is 0.275 e. The summed E-state index contributed by atoms with van der Waals surface area (Å²) in [6.07, 6.45) is 2.35. The van der Waals surface area contributed by atoms with E-state index in [1.807, 2.05) is 12.1 Å². The Hall–Kier alpha value is -2.21. The molecule has 6 heteroatoms. The Kier molecular flexibility index (Phi) is 5.50. The lowest BCUT2D eigenvalue weighted by Crippen LogP contribution is -2.38. The van der Waals surface area contributed by atoms with Crippen molar-refractivity contribution in [2.75, 3.05) is 13.6 Å². The van der Waals surface area contributed by atoms with E-state index in [1.165, 1.54) is 4.68 Å². The largest absolute Gasteiger partial charge is 0.344 e. The van der Waals surface area contributed by atoms with Gasteiger partial charge >= 0.3 is 0 Å². The molecule has 1 aromatic heterocycles. The quantitative estimate of drug-likeness (QED) is 0.869. The van der Waals surface area contributed by atoms with Crippen molar-refractivity contribution in [1.82, 2.24) is 14.7 Å². The number of likely N-dealkylation sites (N-methyl/N-ethyl adjacent to an activating group) is 1. The third-order valence-electron chi connectivity index (χ3n) is 4.13. The second-order valence-corrected chi connectivity index (χ2v) is 6.21. The maximum Gasteiger partial charge on any atom is 0.275 e. The molecular formula is C17H24N4O2. The molecule has 0 radical (unpaired) electrons. The summed E-state index contributed by atoms with van der Waals surface area (Å²) in [6, 6.07) is 7.29. The number of nitrogens with zero attached hydrogens (tertiary/aromatic N) is 3. The molecule has 0 aliphatic rings. The average Bonchev–Trinajstić information content (AvgIpc) is 2.54. The van der Waals surface area contributed by atoms with Crippen molar-refractivity contribution in [1.29, 1.82) is 0 Å². The van der Waals surface area contributed by atoms with Gasteiger partial charge in [0.1, 0.15) is 6.54 Å². The summed E-state index contributed by atoms with van der Waals surface area (Å²) >= 11 is 0. The Balaban J connectivity index is 2.05. The molecule has 23 heavy (non-hydrogen) atoms. The highest BCUT2D eigenvalue weighted by molar-refractivity contribution is 5.81. The van der Waals surface area contributed by atoms with Gasteiger partial charge in [-0.25, -0.2) is 4.68 Å². The molecule has 2 rings (SSSR count). The SMILES string of the molecule is CC(C)C(N)CCN(C)C(=O)Cn1ncc2ccccc2c1=O. The zero-order valence-corrected chi connectivity index (χ0v) is 13.9. The van der Waals surface area contributed by atoms with Crippen molar-refractivity contribution in [2.24, 2.45) is 11.7 Å². The first-order valence-electron chi connectivity index (χ1n) is 7.84. The van der Waals surface area contributed by atoms with Crippen molar-refractivity contribution in [3.8, 4) is 0 Å². The number of amides is 1. The second kappa shape index (κ2) is 7.37. The third-order valence-corrected chi connectivity index (χ3v) is 4.13. The Labute approximate surface area is 135 Å². The zero-order chi connectivity index (χ0) is 17.0. The van der Waals surface area contributed by atoms with Gasteiger partial charge < -0.3 is 10.6 Å². The summed E-state index contributed by atoms with van der Waals surface area (Å²) in [4.78, 5) is 26.2. The molecule has 0 aliphatic carbocycles. The van der Waals surface area contributed by atoms with Crippen LogP contribution < -0.4 is 11.3 Å². The number of carbonyl (C=O) groups excluding carboxylic acids is 1. The van der Waals surface area contributed by atoms with E-state index in [0.717, 1.165) is 11.8 Å². The molecule has 2 N–H and O–H groups in total. The number of hydrogen-bond acceptors (Lipinski definition) is 4. The van der Waals surface area contributed by atoms with Crippen LogP contribution in [0, 0.1) is 5.92 Å². The molecule has 1 heterocycles. The molecule has 0 spiro atoms. The number of carbonyl (C=O) groups is 1. The van der Waals surface area contributed by atoms with Crippen molar-refractivity contribution in [3.63, 3.8) is 0 Å². The second-order valence-electron chi connectivity index (χ2n) is 6.21. The Morgan fingerprint density at radius 3 is 2.74 bits per heavy atom. The highest BCUT2D eigenvalue weighted by Gasteiger charge is 2.14. The lowest BCUT2D eigenvalue weighted by Gasteiger charge is -2.21. The predicted molar refractivity (Wildman–Crippen MR) is 91.1 cm³/mol. The maximum atomic E-state index is 12.4. The number of hydrogen-bond donors (Lipinski definition) is 1. The number of benzene rings is 1. The summed E-state index contributed by atoms with van der Waals surface area (Å²) in [5, 5.41) is 5.43. The molecule has 1 aromatic carbocycles. The Morgan fingerprint density at radius 2 is 2.04 bits per heavy atom. The first-order chi connectivity index (χ1) is 10.9. The number of fused-ring (bicyclic) bond motifs is 1. The van der Waals surface area contributed by atoms with Gasteiger partial charge in [-0.15, -0.1) is 0 Å². The fourth-order valence-electron chi connectivity index (χ4n) is 2.29. The molecule has 0 aliphatic heterocycles. The van der Waals surface area contributed by atoms with Crippen LogP contribution in [0.25, 0.3) is 10.8 Å². The molecule has 0 saturated carbocycles. The topological polar surface area (TPSA) is 81.2 Å². The van der Waals surface area contributed by atoms with E-state index in [1.54, 1.807) is 30.3 Å². The molecule has 0 saturated heterocycles. The number of nitrogens with two attached hydrogens (primary N) is 1. The van der Waals surface area contributed by atoms with Gasteiger partial charge in [-0.3, -0.25) is 9.59 Å². The van der Waals surface area contributed by atoms with Gasteiger partial charge in [0, 0.05) is 25.0 Å². The maximum absolute atomic E-state index is 12.4. The monoisotopic (exact) mass is 316 g/mol. The molecule has 0 bridgehead atoms. The fraction of sp³-hybridized carbons (Fsp3) is 0.471. The molecule has 6 nitrogen and oxygen atoms in total. The molecule has 2 aromatic rings. The lowest BCUT2D eigenvalue weighted by molar-refractivity contribution is -0.130. The van der Waals surface area contributed by atoms with E-state index in [2.05, 4.69) is 18.9 Å². The average molecular weight is 316 g/mol. The van der Waals surface area contributed by atoms with E-state index >= 15 is 0 Å². The van der Waals surface area contributed by atoms with Crippen LogP contribution in [-0.2, 0) is 11.3 Å². The molecule has 1 unspecified atom stereocenters. The lowest BCUT2D eigenvalue weighted by atomic mass is 10.0. The van der Waals surface area contributed by atoms with E-state index < -0.39 is 0 Å². The Morgan fingerprint density at radius 1 is 1.35 bits per heavy atom. The minimum absolute atomic E-state index is 0.0584. The van der Waals surface area contributed by atoms with Crippen molar-refractivity contribution < 1.29 is 4.79 Å². The summed E-state index contributed by atoms with van der Waals surface area (Å²) < 4.78 is 1.21. The van der Waals surface area contributed by atoms with Gasteiger partial charge in [-0.05, 0) is 18.4 Å². The van der Waals surface area contributed by atoms with Gasteiger partial charge in [0.05, 0.1) is 11.6 Å².